The number of allylic oxidation sites excluding steroid dienone is 2. The SMILES string of the molecule is C=CCOc1ccc(-c2ccc(C3CCC4CC(CC/C=C/C)CCC4C3)c(F)c2)c(F)c1. The molecular formula is C30H36F2O. The molecule has 2 aliphatic carbocycles. The molecule has 2 aromatic carbocycles. The smallest absolute Gasteiger partial charge is 0.134 e. The van der Waals surface area contributed by atoms with Crippen LogP contribution >= 0.6 is 0 Å². The maximum Gasteiger partial charge on any atom is 0.134 e. The monoisotopic (exact) mass is 450 g/mol. The lowest BCUT2D eigenvalue weighted by Crippen LogP contribution is -2.30. The molecule has 0 N–H and O–H groups in total. The van der Waals surface area contributed by atoms with Crippen LogP contribution in [-0.4, -0.2) is 6.61 Å². The molecule has 1 nitrogen and oxygen atoms in total. The van der Waals surface area contributed by atoms with Crippen LogP contribution in [0.5, 0.6) is 5.75 Å². The number of hydrogen-bond donors (Lipinski definition) is 0. The average Bonchev–Trinajstić information content (AvgIpc) is 2.82. The summed E-state index contributed by atoms with van der Waals surface area (Å²) in [4.78, 5) is 0. The highest BCUT2D eigenvalue weighted by Crippen LogP contribution is 2.49. The Morgan fingerprint density at radius 2 is 1.79 bits per heavy atom. The molecule has 0 spiro atoms. The van der Waals surface area contributed by atoms with Crippen LogP contribution in [0.25, 0.3) is 11.1 Å². The lowest BCUT2D eigenvalue weighted by Gasteiger charge is -2.42. The van der Waals surface area contributed by atoms with Gasteiger partial charge in [0, 0.05) is 11.6 Å². The number of rotatable bonds is 8. The van der Waals surface area contributed by atoms with Gasteiger partial charge in [0.25, 0.3) is 0 Å². The van der Waals surface area contributed by atoms with E-state index in [0.717, 1.165) is 36.2 Å². The molecule has 4 unspecified atom stereocenters. The van der Waals surface area contributed by atoms with Crippen molar-refractivity contribution in [3.63, 3.8) is 0 Å². The van der Waals surface area contributed by atoms with E-state index in [1.54, 1.807) is 18.2 Å². The van der Waals surface area contributed by atoms with Crippen molar-refractivity contribution in [3.8, 4) is 16.9 Å². The Balaban J connectivity index is 1.41. The van der Waals surface area contributed by atoms with Gasteiger partial charge >= 0.3 is 0 Å². The normalized spacial score (nSPS) is 25.1. The Kier molecular flexibility index (Phi) is 8.01. The van der Waals surface area contributed by atoms with E-state index in [9.17, 15) is 4.39 Å². The predicted octanol–water partition coefficient (Wildman–Crippen LogP) is 8.85. The second kappa shape index (κ2) is 11.1. The Bertz CT molecular complexity index is 979. The maximum atomic E-state index is 15.2. The molecule has 0 aliphatic heterocycles. The summed E-state index contributed by atoms with van der Waals surface area (Å²) in [6.07, 6.45) is 15.9. The van der Waals surface area contributed by atoms with E-state index < -0.39 is 5.82 Å². The molecule has 2 aromatic rings. The molecule has 0 radical (unpaired) electrons. The Morgan fingerprint density at radius 3 is 2.55 bits per heavy atom. The van der Waals surface area contributed by atoms with Gasteiger partial charge in [-0.25, -0.2) is 8.78 Å². The van der Waals surface area contributed by atoms with Crippen molar-refractivity contribution in [1.29, 1.82) is 0 Å². The maximum absolute atomic E-state index is 15.2. The van der Waals surface area contributed by atoms with Crippen molar-refractivity contribution in [3.05, 3.63) is 78.4 Å². The predicted molar refractivity (Wildman–Crippen MR) is 132 cm³/mol. The van der Waals surface area contributed by atoms with Gasteiger partial charge in [-0.1, -0.05) is 43.4 Å². The molecule has 33 heavy (non-hydrogen) atoms. The van der Waals surface area contributed by atoms with E-state index in [4.69, 9.17) is 4.74 Å². The second-order valence-electron chi connectivity index (χ2n) is 9.83. The fraction of sp³-hybridized carbons (Fsp3) is 0.467. The molecular weight excluding hydrogens is 414 g/mol. The van der Waals surface area contributed by atoms with Crippen LogP contribution in [-0.2, 0) is 0 Å². The summed E-state index contributed by atoms with van der Waals surface area (Å²) in [7, 11) is 0. The molecule has 4 rings (SSSR count). The highest BCUT2D eigenvalue weighted by molar-refractivity contribution is 5.65. The fourth-order valence-corrected chi connectivity index (χ4v) is 6.03. The van der Waals surface area contributed by atoms with E-state index in [1.165, 1.54) is 50.7 Å². The van der Waals surface area contributed by atoms with E-state index in [0.29, 0.717) is 23.5 Å². The molecule has 0 heterocycles. The van der Waals surface area contributed by atoms with Crippen molar-refractivity contribution >= 4 is 0 Å². The summed E-state index contributed by atoms with van der Waals surface area (Å²) >= 11 is 0. The van der Waals surface area contributed by atoms with E-state index in [1.807, 2.05) is 12.1 Å². The number of halogens is 2. The Labute approximate surface area is 197 Å². The quantitative estimate of drug-likeness (QED) is 0.365. The average molecular weight is 451 g/mol. The Hall–Kier alpha value is -2.42. The zero-order valence-corrected chi connectivity index (χ0v) is 19.7. The molecule has 2 fully saturated rings. The minimum absolute atomic E-state index is 0.206. The van der Waals surface area contributed by atoms with Crippen LogP contribution in [0, 0.1) is 29.4 Å². The molecule has 2 aliphatic rings. The first-order chi connectivity index (χ1) is 16.1. The van der Waals surface area contributed by atoms with Gasteiger partial charge in [0.15, 0.2) is 0 Å². The van der Waals surface area contributed by atoms with E-state index >= 15 is 4.39 Å². The van der Waals surface area contributed by atoms with Crippen LogP contribution in [0.3, 0.4) is 0 Å². The van der Waals surface area contributed by atoms with Crippen molar-refractivity contribution in [2.45, 2.75) is 64.2 Å². The number of hydrogen-bond acceptors (Lipinski definition) is 1. The molecule has 0 amide bonds. The van der Waals surface area contributed by atoms with Crippen molar-refractivity contribution in [2.24, 2.45) is 17.8 Å². The van der Waals surface area contributed by atoms with Crippen molar-refractivity contribution < 1.29 is 13.5 Å². The minimum Gasteiger partial charge on any atom is -0.489 e. The standard InChI is InChI=1S/C30H36F2O/c1-3-5-6-7-21-8-9-23-18-24(11-10-22(23)17-21)27-14-12-25(19-29(27)31)28-15-13-26(20-30(28)32)33-16-4-2/h3-5,12-15,19-24H,2,6-11,16-18H2,1H3/b5-3+. The van der Waals surface area contributed by atoms with Gasteiger partial charge in [0.1, 0.15) is 24.0 Å². The third-order valence-electron chi connectivity index (χ3n) is 7.76. The largest absolute Gasteiger partial charge is 0.489 e. The van der Waals surface area contributed by atoms with Gasteiger partial charge in [-0.15, -0.1) is 0 Å². The van der Waals surface area contributed by atoms with E-state index in [2.05, 4.69) is 25.7 Å². The summed E-state index contributed by atoms with van der Waals surface area (Å²) < 4.78 is 35.2. The molecule has 176 valence electrons. The van der Waals surface area contributed by atoms with Crippen LogP contribution in [0.1, 0.15) is 69.8 Å². The van der Waals surface area contributed by atoms with Gasteiger partial charge in [0.2, 0.25) is 0 Å². The summed E-state index contributed by atoms with van der Waals surface area (Å²) in [5, 5.41) is 0. The van der Waals surface area contributed by atoms with Gasteiger partial charge in [-0.05, 0) is 105 Å². The summed E-state index contributed by atoms with van der Waals surface area (Å²) in [6.45, 7) is 6.01. The minimum atomic E-state index is -0.407. The number of ether oxygens (including phenoxy) is 1. The zero-order valence-electron chi connectivity index (χ0n) is 19.7. The lowest BCUT2D eigenvalue weighted by molar-refractivity contribution is 0.114. The van der Waals surface area contributed by atoms with E-state index in [-0.39, 0.29) is 11.7 Å². The Morgan fingerprint density at radius 1 is 0.970 bits per heavy atom. The van der Waals surface area contributed by atoms with Crippen LogP contribution in [0.4, 0.5) is 8.78 Å². The highest BCUT2D eigenvalue weighted by Gasteiger charge is 2.36. The molecule has 2 saturated carbocycles. The van der Waals surface area contributed by atoms with Crippen LogP contribution in [0.2, 0.25) is 0 Å². The molecule has 0 saturated heterocycles. The van der Waals surface area contributed by atoms with Gasteiger partial charge < -0.3 is 4.74 Å². The lowest BCUT2D eigenvalue weighted by atomic mass is 9.63. The molecule has 3 heteroatoms. The molecule has 0 aromatic heterocycles. The summed E-state index contributed by atoms with van der Waals surface area (Å²) in [6, 6.07) is 9.97. The van der Waals surface area contributed by atoms with Gasteiger partial charge in [0.05, 0.1) is 0 Å². The highest BCUT2D eigenvalue weighted by atomic mass is 19.1. The van der Waals surface area contributed by atoms with Gasteiger partial charge in [-0.2, -0.15) is 0 Å². The first-order valence-corrected chi connectivity index (χ1v) is 12.5. The van der Waals surface area contributed by atoms with Gasteiger partial charge in [-0.3, -0.25) is 0 Å². The third-order valence-corrected chi connectivity index (χ3v) is 7.76. The third kappa shape index (κ3) is 5.75. The zero-order chi connectivity index (χ0) is 23.2. The van der Waals surface area contributed by atoms with Crippen molar-refractivity contribution in [1.82, 2.24) is 0 Å². The first-order valence-electron chi connectivity index (χ1n) is 12.5. The number of fused-ring (bicyclic) bond motifs is 1. The van der Waals surface area contributed by atoms with Crippen LogP contribution in [0.15, 0.2) is 61.2 Å². The topological polar surface area (TPSA) is 9.23 Å². The molecule has 4 atom stereocenters. The number of benzene rings is 2. The fourth-order valence-electron chi connectivity index (χ4n) is 6.03. The van der Waals surface area contributed by atoms with Crippen molar-refractivity contribution in [2.75, 3.05) is 6.61 Å². The summed E-state index contributed by atoms with van der Waals surface area (Å²) in [5.74, 6) is 2.50. The van der Waals surface area contributed by atoms with Crippen LogP contribution < -0.4 is 4.74 Å². The second-order valence-corrected chi connectivity index (χ2v) is 9.83. The first kappa shape index (κ1) is 23.7. The molecule has 0 bridgehead atoms. The summed E-state index contributed by atoms with van der Waals surface area (Å²) in [5.41, 5.74) is 1.77.